The number of nitrogen functional groups attached to an aromatic ring is 1. The zero-order chi connectivity index (χ0) is 14.8. The van der Waals surface area contributed by atoms with Crippen LogP contribution in [-0.4, -0.2) is 49.0 Å². The normalized spacial score (nSPS) is 18.5. The Labute approximate surface area is 120 Å². The Hall–Kier alpha value is -1.12. The lowest BCUT2D eigenvalue weighted by Gasteiger charge is -2.30. The number of nitrogens with two attached hydrogens (primary N) is 1. The SMILES string of the molecule is CC1CCN(CCNS(=O)(=O)c2c(N)ncn2C)CC1. The molecule has 0 amide bonds. The predicted octanol–water partition coefficient (Wildman–Crippen LogP) is 0.0125. The van der Waals surface area contributed by atoms with E-state index in [1.54, 1.807) is 7.05 Å². The van der Waals surface area contributed by atoms with E-state index in [1.165, 1.54) is 23.7 Å². The van der Waals surface area contributed by atoms with Crippen LogP contribution in [0, 0.1) is 5.92 Å². The third kappa shape index (κ3) is 3.50. The lowest BCUT2D eigenvalue weighted by Crippen LogP contribution is -2.39. The Kier molecular flexibility index (Phi) is 4.66. The minimum Gasteiger partial charge on any atom is -0.381 e. The van der Waals surface area contributed by atoms with Gasteiger partial charge in [-0.1, -0.05) is 6.92 Å². The van der Waals surface area contributed by atoms with Gasteiger partial charge in [0.2, 0.25) is 0 Å². The van der Waals surface area contributed by atoms with Gasteiger partial charge in [0.25, 0.3) is 10.0 Å². The maximum absolute atomic E-state index is 12.2. The van der Waals surface area contributed by atoms with Crippen molar-refractivity contribution in [1.29, 1.82) is 0 Å². The van der Waals surface area contributed by atoms with Gasteiger partial charge in [-0.05, 0) is 31.8 Å². The van der Waals surface area contributed by atoms with Gasteiger partial charge in [-0.2, -0.15) is 0 Å². The molecule has 0 spiro atoms. The minimum absolute atomic E-state index is 0.0322. The van der Waals surface area contributed by atoms with E-state index in [0.29, 0.717) is 6.54 Å². The molecule has 0 atom stereocenters. The van der Waals surface area contributed by atoms with Gasteiger partial charge in [-0.3, -0.25) is 0 Å². The summed E-state index contributed by atoms with van der Waals surface area (Å²) >= 11 is 0. The van der Waals surface area contributed by atoms with Crippen molar-refractivity contribution in [3.8, 4) is 0 Å². The number of likely N-dealkylation sites (tertiary alicyclic amines) is 1. The van der Waals surface area contributed by atoms with Gasteiger partial charge in [-0.15, -0.1) is 0 Å². The van der Waals surface area contributed by atoms with E-state index >= 15 is 0 Å². The van der Waals surface area contributed by atoms with Gasteiger partial charge >= 0.3 is 0 Å². The molecule has 0 aromatic carbocycles. The quantitative estimate of drug-likeness (QED) is 0.799. The van der Waals surface area contributed by atoms with E-state index in [-0.39, 0.29) is 10.8 Å². The van der Waals surface area contributed by atoms with Crippen LogP contribution in [-0.2, 0) is 17.1 Å². The summed E-state index contributed by atoms with van der Waals surface area (Å²) in [5, 5.41) is 0.0322. The number of aryl methyl sites for hydroxylation is 1. The van der Waals surface area contributed by atoms with E-state index in [9.17, 15) is 8.42 Å². The molecule has 3 N–H and O–H groups in total. The fourth-order valence-corrected chi connectivity index (χ4v) is 3.71. The first kappa shape index (κ1) is 15.3. The number of piperidine rings is 1. The van der Waals surface area contributed by atoms with Gasteiger partial charge in [0.1, 0.15) is 0 Å². The number of sulfonamides is 1. The van der Waals surface area contributed by atoms with E-state index < -0.39 is 10.0 Å². The van der Waals surface area contributed by atoms with Crippen molar-refractivity contribution in [1.82, 2.24) is 19.2 Å². The smallest absolute Gasteiger partial charge is 0.260 e. The first-order valence-corrected chi connectivity index (χ1v) is 8.37. The van der Waals surface area contributed by atoms with Crippen molar-refractivity contribution in [2.24, 2.45) is 13.0 Å². The highest BCUT2D eigenvalue weighted by molar-refractivity contribution is 7.89. The number of aromatic nitrogens is 2. The molecule has 1 fully saturated rings. The average Bonchev–Trinajstić information content (AvgIpc) is 2.72. The Bertz CT molecular complexity index is 527. The number of nitrogens with zero attached hydrogens (tertiary/aromatic N) is 3. The summed E-state index contributed by atoms with van der Waals surface area (Å²) in [5.74, 6) is 0.809. The molecule has 1 aromatic heterocycles. The molecule has 2 heterocycles. The van der Waals surface area contributed by atoms with E-state index in [0.717, 1.165) is 25.6 Å². The molecule has 1 saturated heterocycles. The first-order chi connectivity index (χ1) is 9.40. The number of imidazole rings is 1. The van der Waals surface area contributed by atoms with E-state index in [1.807, 2.05) is 0 Å². The highest BCUT2D eigenvalue weighted by Crippen LogP contribution is 2.16. The summed E-state index contributed by atoms with van der Waals surface area (Å²) in [5.41, 5.74) is 5.60. The molecule has 8 heteroatoms. The van der Waals surface area contributed by atoms with Gasteiger partial charge < -0.3 is 15.2 Å². The molecule has 1 aliphatic rings. The van der Waals surface area contributed by atoms with Crippen LogP contribution in [0.25, 0.3) is 0 Å². The highest BCUT2D eigenvalue weighted by atomic mass is 32.2. The van der Waals surface area contributed by atoms with Crippen molar-refractivity contribution in [2.75, 3.05) is 31.9 Å². The van der Waals surface area contributed by atoms with E-state index in [4.69, 9.17) is 5.73 Å². The van der Waals surface area contributed by atoms with Crippen LogP contribution in [0.1, 0.15) is 19.8 Å². The van der Waals surface area contributed by atoms with Crippen molar-refractivity contribution in [3.05, 3.63) is 6.33 Å². The van der Waals surface area contributed by atoms with Crippen molar-refractivity contribution >= 4 is 15.8 Å². The molecule has 1 aromatic rings. The second-order valence-corrected chi connectivity index (χ2v) is 7.15. The second-order valence-electron chi connectivity index (χ2n) is 5.47. The van der Waals surface area contributed by atoms with Crippen LogP contribution in [0.2, 0.25) is 0 Å². The lowest BCUT2D eigenvalue weighted by atomic mass is 9.99. The summed E-state index contributed by atoms with van der Waals surface area (Å²) < 4.78 is 28.3. The lowest BCUT2D eigenvalue weighted by molar-refractivity contribution is 0.195. The fourth-order valence-electron chi connectivity index (χ4n) is 2.46. The molecule has 0 bridgehead atoms. The number of hydrogen-bond donors (Lipinski definition) is 2. The summed E-state index contributed by atoms with van der Waals surface area (Å²) in [4.78, 5) is 6.09. The van der Waals surface area contributed by atoms with Gasteiger partial charge in [0.15, 0.2) is 10.8 Å². The van der Waals surface area contributed by atoms with Crippen molar-refractivity contribution in [2.45, 2.75) is 24.8 Å². The third-order valence-electron chi connectivity index (χ3n) is 3.76. The molecule has 0 saturated carbocycles. The zero-order valence-corrected chi connectivity index (χ0v) is 12.9. The predicted molar refractivity (Wildman–Crippen MR) is 77.6 cm³/mol. The zero-order valence-electron chi connectivity index (χ0n) is 12.0. The Morgan fingerprint density at radius 3 is 2.65 bits per heavy atom. The molecule has 0 unspecified atom stereocenters. The maximum Gasteiger partial charge on any atom is 0.260 e. The van der Waals surface area contributed by atoms with Gasteiger partial charge in [0, 0.05) is 20.1 Å². The summed E-state index contributed by atoms with van der Waals surface area (Å²) in [6, 6.07) is 0. The number of rotatable bonds is 5. The minimum atomic E-state index is -3.59. The standard InChI is InChI=1S/C12H23N5O2S/c1-10-3-6-17(7-4-10)8-5-15-20(18,19)12-11(13)14-9-16(12)2/h9-10,15H,3-8,13H2,1-2H3. The van der Waals surface area contributed by atoms with Crippen LogP contribution in [0.15, 0.2) is 11.4 Å². The Balaban J connectivity index is 1.87. The summed E-state index contributed by atoms with van der Waals surface area (Å²) in [6.45, 7) is 5.45. The molecule has 0 aliphatic carbocycles. The molecule has 20 heavy (non-hydrogen) atoms. The van der Waals surface area contributed by atoms with Gasteiger partial charge in [0.05, 0.1) is 6.33 Å². The van der Waals surface area contributed by atoms with Crippen LogP contribution in [0.5, 0.6) is 0 Å². The monoisotopic (exact) mass is 301 g/mol. The molecule has 0 radical (unpaired) electrons. The first-order valence-electron chi connectivity index (χ1n) is 6.89. The van der Waals surface area contributed by atoms with Gasteiger partial charge in [-0.25, -0.2) is 18.1 Å². The topological polar surface area (TPSA) is 93.2 Å². The molecular weight excluding hydrogens is 278 g/mol. The molecule has 7 nitrogen and oxygen atoms in total. The van der Waals surface area contributed by atoms with Crippen LogP contribution < -0.4 is 10.5 Å². The van der Waals surface area contributed by atoms with Crippen LogP contribution >= 0.6 is 0 Å². The van der Waals surface area contributed by atoms with Crippen LogP contribution in [0.3, 0.4) is 0 Å². The number of hydrogen-bond acceptors (Lipinski definition) is 5. The summed E-state index contributed by atoms with van der Waals surface area (Å²) in [7, 11) is -1.98. The Morgan fingerprint density at radius 1 is 1.45 bits per heavy atom. The van der Waals surface area contributed by atoms with Crippen LogP contribution in [0.4, 0.5) is 5.82 Å². The molecule has 2 rings (SSSR count). The fraction of sp³-hybridized carbons (Fsp3) is 0.750. The summed E-state index contributed by atoms with van der Waals surface area (Å²) in [6.07, 6.45) is 3.76. The third-order valence-corrected chi connectivity index (χ3v) is 5.35. The number of anilines is 1. The second kappa shape index (κ2) is 6.11. The highest BCUT2D eigenvalue weighted by Gasteiger charge is 2.22. The largest absolute Gasteiger partial charge is 0.381 e. The van der Waals surface area contributed by atoms with E-state index in [2.05, 4.69) is 21.5 Å². The number of nitrogens with one attached hydrogen (secondary N) is 1. The molecular formula is C12H23N5O2S. The Morgan fingerprint density at radius 2 is 2.10 bits per heavy atom. The van der Waals surface area contributed by atoms with Crippen molar-refractivity contribution in [3.63, 3.8) is 0 Å². The average molecular weight is 301 g/mol. The van der Waals surface area contributed by atoms with Crippen molar-refractivity contribution < 1.29 is 8.42 Å². The maximum atomic E-state index is 12.2. The molecule has 1 aliphatic heterocycles. The molecule has 114 valence electrons.